The maximum atomic E-state index is 9.19. The number of pyridine rings is 2. The molecule has 0 spiro atoms. The van der Waals surface area contributed by atoms with E-state index in [1.165, 1.54) is 0 Å². The van der Waals surface area contributed by atoms with Gasteiger partial charge in [-0.25, -0.2) is 9.67 Å². The van der Waals surface area contributed by atoms with Crippen molar-refractivity contribution in [2.75, 3.05) is 13.2 Å². The lowest BCUT2D eigenvalue weighted by Crippen LogP contribution is -2.03. The molecule has 4 rings (SSSR count). The third-order valence-corrected chi connectivity index (χ3v) is 4.94. The average Bonchev–Trinajstić information content (AvgIpc) is 3.18. The zero-order chi connectivity index (χ0) is 20.1. The topological polar surface area (TPSA) is 89.8 Å². The molecule has 0 bridgehead atoms. The van der Waals surface area contributed by atoms with Gasteiger partial charge >= 0.3 is 0 Å². The van der Waals surface area contributed by atoms with Gasteiger partial charge in [0.25, 0.3) is 0 Å². The summed E-state index contributed by atoms with van der Waals surface area (Å²) in [6, 6.07) is 18.2. The van der Waals surface area contributed by atoms with E-state index in [9.17, 15) is 5.11 Å². The first-order valence-electron chi connectivity index (χ1n) is 10.00. The van der Waals surface area contributed by atoms with Crippen LogP contribution in [0.15, 0.2) is 60.8 Å². The summed E-state index contributed by atoms with van der Waals surface area (Å²) in [4.78, 5) is 9.46. The van der Waals surface area contributed by atoms with Crippen LogP contribution in [-0.4, -0.2) is 38.0 Å². The summed E-state index contributed by atoms with van der Waals surface area (Å²) in [5, 5.41) is 14.8. The number of nitrogens with zero attached hydrogens (tertiary/aromatic N) is 4. The summed E-state index contributed by atoms with van der Waals surface area (Å²) in [7, 11) is 0. The van der Waals surface area contributed by atoms with Crippen molar-refractivity contribution in [3.05, 3.63) is 72.2 Å². The van der Waals surface area contributed by atoms with E-state index in [4.69, 9.17) is 10.7 Å². The fraction of sp³-hybridized carbons (Fsp3) is 0.261. The molecule has 0 aliphatic carbocycles. The van der Waals surface area contributed by atoms with Crippen LogP contribution in [0.2, 0.25) is 0 Å². The lowest BCUT2D eigenvalue weighted by Gasteiger charge is -2.08. The van der Waals surface area contributed by atoms with Crippen molar-refractivity contribution in [3.63, 3.8) is 0 Å². The molecule has 0 unspecified atom stereocenters. The number of rotatable bonds is 8. The molecule has 0 aliphatic heterocycles. The van der Waals surface area contributed by atoms with Gasteiger partial charge in [-0.15, -0.1) is 0 Å². The van der Waals surface area contributed by atoms with E-state index in [2.05, 4.69) is 40.4 Å². The van der Waals surface area contributed by atoms with Gasteiger partial charge in [0.2, 0.25) is 0 Å². The van der Waals surface area contributed by atoms with Crippen LogP contribution in [0, 0.1) is 0 Å². The van der Waals surface area contributed by atoms with Crippen LogP contribution in [0.5, 0.6) is 0 Å². The lowest BCUT2D eigenvalue weighted by atomic mass is 10.1. The third-order valence-electron chi connectivity index (χ3n) is 4.94. The first-order valence-corrected chi connectivity index (χ1v) is 10.00. The zero-order valence-corrected chi connectivity index (χ0v) is 16.3. The molecule has 1 aromatic carbocycles. The third kappa shape index (κ3) is 4.34. The second-order valence-electron chi connectivity index (χ2n) is 7.05. The fourth-order valence-corrected chi connectivity index (χ4v) is 3.43. The number of nitrogens with two attached hydrogens (primary N) is 1. The second kappa shape index (κ2) is 8.94. The number of unbranched alkanes of at least 4 members (excludes halogenated alkanes) is 1. The van der Waals surface area contributed by atoms with Crippen molar-refractivity contribution in [2.24, 2.45) is 5.73 Å². The Labute approximate surface area is 170 Å². The van der Waals surface area contributed by atoms with Gasteiger partial charge in [0.05, 0.1) is 17.4 Å². The highest BCUT2D eigenvalue weighted by Gasteiger charge is 2.10. The molecule has 29 heavy (non-hydrogen) atoms. The van der Waals surface area contributed by atoms with Crippen LogP contribution in [0.4, 0.5) is 0 Å². The maximum Gasteiger partial charge on any atom is 0.154 e. The summed E-state index contributed by atoms with van der Waals surface area (Å²) < 4.78 is 1.84. The van der Waals surface area contributed by atoms with Gasteiger partial charge in [0, 0.05) is 35.4 Å². The largest absolute Gasteiger partial charge is 0.396 e. The van der Waals surface area contributed by atoms with Crippen molar-refractivity contribution in [1.82, 2.24) is 19.7 Å². The molecule has 0 aliphatic rings. The van der Waals surface area contributed by atoms with E-state index in [-0.39, 0.29) is 6.61 Å². The Kier molecular flexibility index (Phi) is 5.93. The Morgan fingerprint density at radius 1 is 0.897 bits per heavy atom. The van der Waals surface area contributed by atoms with Crippen LogP contribution >= 0.6 is 0 Å². The number of aromatic nitrogens is 4. The molecule has 3 aromatic heterocycles. The van der Waals surface area contributed by atoms with Gasteiger partial charge in [-0.1, -0.05) is 24.3 Å². The molecule has 148 valence electrons. The highest BCUT2D eigenvalue weighted by Crippen LogP contribution is 2.25. The molecule has 0 fully saturated rings. The summed E-state index contributed by atoms with van der Waals surface area (Å²) in [6.45, 7) is 0.793. The highest BCUT2D eigenvalue weighted by atomic mass is 16.3. The van der Waals surface area contributed by atoms with Crippen LogP contribution in [0.1, 0.15) is 24.2 Å². The molecule has 0 saturated carbocycles. The SMILES string of the molecule is NCCCCc1cccc(-c2ccc3cnn(-c4cccc(CCO)n4)c3c2)n1. The van der Waals surface area contributed by atoms with Crippen LogP contribution < -0.4 is 5.73 Å². The van der Waals surface area contributed by atoms with Gasteiger partial charge in [-0.2, -0.15) is 5.10 Å². The van der Waals surface area contributed by atoms with E-state index in [0.717, 1.165) is 58.6 Å². The van der Waals surface area contributed by atoms with Gasteiger partial charge in [-0.05, 0) is 56.1 Å². The molecule has 0 radical (unpaired) electrons. The summed E-state index contributed by atoms with van der Waals surface area (Å²) in [6.07, 6.45) is 5.37. The minimum absolute atomic E-state index is 0.0771. The molecule has 0 atom stereocenters. The van der Waals surface area contributed by atoms with Crippen molar-refractivity contribution in [1.29, 1.82) is 0 Å². The van der Waals surface area contributed by atoms with Crippen molar-refractivity contribution < 1.29 is 5.11 Å². The zero-order valence-electron chi connectivity index (χ0n) is 16.3. The molecule has 0 amide bonds. The minimum atomic E-state index is 0.0771. The standard InChI is InChI=1S/C23H25N5O/c24-13-2-1-5-19-6-3-8-21(26-19)17-10-11-18-16-25-28(22(18)15-17)23-9-4-7-20(27-23)12-14-29/h3-4,6-11,15-16,29H,1-2,5,12-14,24H2. The maximum absolute atomic E-state index is 9.19. The average molecular weight is 387 g/mol. The van der Waals surface area contributed by atoms with Crippen molar-refractivity contribution in [3.8, 4) is 17.1 Å². The smallest absolute Gasteiger partial charge is 0.154 e. The first kappa shape index (κ1) is 19.2. The van der Waals surface area contributed by atoms with E-state index in [1.807, 2.05) is 35.1 Å². The van der Waals surface area contributed by atoms with Gasteiger partial charge in [0.1, 0.15) is 0 Å². The number of hydrogen-bond acceptors (Lipinski definition) is 5. The summed E-state index contributed by atoms with van der Waals surface area (Å²) >= 11 is 0. The van der Waals surface area contributed by atoms with Crippen LogP contribution in [0.3, 0.4) is 0 Å². The van der Waals surface area contributed by atoms with E-state index < -0.39 is 0 Å². The van der Waals surface area contributed by atoms with Crippen molar-refractivity contribution in [2.45, 2.75) is 25.7 Å². The first-order chi connectivity index (χ1) is 14.3. The molecule has 3 heterocycles. The molecule has 6 heteroatoms. The number of fused-ring (bicyclic) bond motifs is 1. The molecule has 3 N–H and O–H groups in total. The monoisotopic (exact) mass is 387 g/mol. The summed E-state index contributed by atoms with van der Waals surface area (Å²) in [5.74, 6) is 0.742. The van der Waals surface area contributed by atoms with E-state index in [1.54, 1.807) is 0 Å². The molecule has 0 saturated heterocycles. The van der Waals surface area contributed by atoms with Gasteiger partial charge in [0.15, 0.2) is 5.82 Å². The van der Waals surface area contributed by atoms with Gasteiger partial charge < -0.3 is 10.8 Å². The molecule has 6 nitrogen and oxygen atoms in total. The predicted molar refractivity (Wildman–Crippen MR) is 115 cm³/mol. The summed E-state index contributed by atoms with van der Waals surface area (Å²) in [5.41, 5.74) is 10.5. The number of aliphatic hydroxyl groups excluding tert-OH is 1. The fourth-order valence-electron chi connectivity index (χ4n) is 3.43. The van der Waals surface area contributed by atoms with E-state index in [0.29, 0.717) is 13.0 Å². The van der Waals surface area contributed by atoms with Crippen LogP contribution in [-0.2, 0) is 12.8 Å². The molecule has 4 aromatic rings. The Balaban J connectivity index is 1.69. The Morgan fingerprint density at radius 3 is 2.55 bits per heavy atom. The van der Waals surface area contributed by atoms with Crippen molar-refractivity contribution >= 4 is 10.9 Å². The number of hydrogen-bond donors (Lipinski definition) is 2. The van der Waals surface area contributed by atoms with E-state index >= 15 is 0 Å². The van der Waals surface area contributed by atoms with Gasteiger partial charge in [-0.3, -0.25) is 4.98 Å². The Hall–Kier alpha value is -3.09. The normalized spacial score (nSPS) is 11.2. The Morgan fingerprint density at radius 2 is 1.72 bits per heavy atom. The second-order valence-corrected chi connectivity index (χ2v) is 7.05. The number of aryl methyl sites for hydroxylation is 1. The van der Waals surface area contributed by atoms with Crippen LogP contribution in [0.25, 0.3) is 28.0 Å². The molecular weight excluding hydrogens is 362 g/mol. The predicted octanol–water partition coefficient (Wildman–Crippen LogP) is 3.30. The Bertz CT molecular complexity index is 1110. The lowest BCUT2D eigenvalue weighted by molar-refractivity contribution is 0.298. The highest BCUT2D eigenvalue weighted by molar-refractivity contribution is 5.84. The number of benzene rings is 1. The quantitative estimate of drug-likeness (QED) is 0.453. The molecular formula is C23H25N5O. The minimum Gasteiger partial charge on any atom is -0.396 e. The number of aliphatic hydroxyl groups is 1.